The monoisotopic (exact) mass is 637 g/mol. The van der Waals surface area contributed by atoms with E-state index >= 15 is 0 Å². The van der Waals surface area contributed by atoms with Crippen LogP contribution < -0.4 is 11.3 Å². The van der Waals surface area contributed by atoms with Crippen molar-refractivity contribution in [1.82, 2.24) is 19.3 Å². The fourth-order valence-electron chi connectivity index (χ4n) is 6.17. The standard InChI is InChI=1S/C27H25F2N3OS.C10H12N2/c1-18-24(26(33)32-16-17-34-27(32)30-18)12-15-31-13-10-21(11-14-31)25(19-2-6-22(28)7-3-19)20-4-8-23(29)9-5-20;11-6-5-8-7-12-10-4-2-1-3-9(8)10/h2-9,16-17H,10-15H2,1H3;1-4,7,12H,5-6,11H2. The maximum Gasteiger partial charge on any atom is 0.261 e. The summed E-state index contributed by atoms with van der Waals surface area (Å²) in [5, 5.41) is 3.17. The Morgan fingerprint density at radius 1 is 0.935 bits per heavy atom. The normalized spacial score (nSPS) is 13.6. The van der Waals surface area contributed by atoms with Crippen LogP contribution in [0, 0.1) is 18.6 Å². The number of likely N-dealkylation sites (tertiary alicyclic amines) is 1. The van der Waals surface area contributed by atoms with Gasteiger partial charge in [-0.2, -0.15) is 0 Å². The van der Waals surface area contributed by atoms with Gasteiger partial charge in [0.1, 0.15) is 11.6 Å². The Labute approximate surface area is 270 Å². The van der Waals surface area contributed by atoms with Gasteiger partial charge in [-0.05, 0) is 91.7 Å². The van der Waals surface area contributed by atoms with E-state index < -0.39 is 0 Å². The first-order valence-electron chi connectivity index (χ1n) is 15.6. The second-order valence-corrected chi connectivity index (χ2v) is 12.4. The molecule has 4 heterocycles. The summed E-state index contributed by atoms with van der Waals surface area (Å²) in [6.45, 7) is 5.15. The number of hydrogen-bond acceptors (Lipinski definition) is 5. The minimum Gasteiger partial charge on any atom is -0.361 e. The molecule has 9 heteroatoms. The SMILES string of the molecule is Cc1nc2sccn2c(=O)c1CCN1CCC(=C(c2ccc(F)cc2)c2ccc(F)cc2)CC1.NCCc1c[nH]c2ccccc12. The maximum atomic E-state index is 13.5. The van der Waals surface area contributed by atoms with Gasteiger partial charge in [-0.3, -0.25) is 9.20 Å². The van der Waals surface area contributed by atoms with E-state index in [-0.39, 0.29) is 17.2 Å². The number of piperidine rings is 1. The van der Waals surface area contributed by atoms with Crippen LogP contribution >= 0.6 is 11.3 Å². The van der Waals surface area contributed by atoms with Crippen molar-refractivity contribution in [1.29, 1.82) is 0 Å². The van der Waals surface area contributed by atoms with Crippen molar-refractivity contribution in [2.24, 2.45) is 5.73 Å². The maximum absolute atomic E-state index is 13.5. The second kappa shape index (κ2) is 14.3. The van der Waals surface area contributed by atoms with Crippen molar-refractivity contribution in [2.75, 3.05) is 26.2 Å². The molecule has 3 aromatic heterocycles. The second-order valence-electron chi connectivity index (χ2n) is 11.5. The highest BCUT2D eigenvalue weighted by Crippen LogP contribution is 2.33. The fourth-order valence-corrected chi connectivity index (χ4v) is 6.93. The molecule has 6 nitrogen and oxygen atoms in total. The number of H-pyrrole nitrogens is 1. The molecule has 0 saturated carbocycles. The highest BCUT2D eigenvalue weighted by Gasteiger charge is 2.20. The molecular formula is C37H37F2N5OS. The summed E-state index contributed by atoms with van der Waals surface area (Å²) in [6.07, 6.45) is 7.16. The van der Waals surface area contributed by atoms with Crippen LogP contribution in [0.2, 0.25) is 0 Å². The van der Waals surface area contributed by atoms with Crippen LogP contribution in [0.5, 0.6) is 0 Å². The van der Waals surface area contributed by atoms with Crippen molar-refractivity contribution < 1.29 is 8.78 Å². The molecule has 1 saturated heterocycles. The van der Waals surface area contributed by atoms with Crippen LogP contribution in [0.4, 0.5) is 8.78 Å². The third-order valence-corrected chi connectivity index (χ3v) is 9.37. The van der Waals surface area contributed by atoms with E-state index in [9.17, 15) is 13.6 Å². The van der Waals surface area contributed by atoms with Gasteiger partial charge in [-0.1, -0.05) is 48.0 Å². The molecular weight excluding hydrogens is 601 g/mol. The lowest BCUT2D eigenvalue weighted by molar-refractivity contribution is 0.259. The molecule has 3 N–H and O–H groups in total. The Balaban J connectivity index is 0.000000259. The molecule has 0 bridgehead atoms. The third kappa shape index (κ3) is 7.02. The average Bonchev–Trinajstić information content (AvgIpc) is 3.71. The predicted octanol–water partition coefficient (Wildman–Crippen LogP) is 7.15. The van der Waals surface area contributed by atoms with E-state index in [2.05, 4.69) is 33.1 Å². The molecule has 1 fully saturated rings. The number of para-hydroxylation sites is 1. The molecule has 0 amide bonds. The summed E-state index contributed by atoms with van der Waals surface area (Å²) < 4.78 is 28.7. The van der Waals surface area contributed by atoms with Crippen LogP contribution in [0.15, 0.2) is 101 Å². The quantitative estimate of drug-likeness (QED) is 0.195. The molecule has 0 atom stereocenters. The van der Waals surface area contributed by atoms with Crippen LogP contribution in [-0.4, -0.2) is 45.4 Å². The van der Waals surface area contributed by atoms with Crippen molar-refractivity contribution in [3.63, 3.8) is 0 Å². The Morgan fingerprint density at radius 3 is 2.24 bits per heavy atom. The van der Waals surface area contributed by atoms with Gasteiger partial charge >= 0.3 is 0 Å². The number of aryl methyl sites for hydroxylation is 1. The van der Waals surface area contributed by atoms with E-state index in [0.29, 0.717) is 13.0 Å². The van der Waals surface area contributed by atoms with Crippen molar-refractivity contribution in [3.05, 3.63) is 146 Å². The number of thiazole rings is 1. The molecule has 0 unspecified atom stereocenters. The number of nitrogens with one attached hydrogen (secondary N) is 1. The molecule has 236 valence electrons. The Morgan fingerprint density at radius 2 is 1.59 bits per heavy atom. The van der Waals surface area contributed by atoms with E-state index in [0.717, 1.165) is 71.8 Å². The molecule has 0 radical (unpaired) electrons. The van der Waals surface area contributed by atoms with Gasteiger partial charge in [0.2, 0.25) is 0 Å². The van der Waals surface area contributed by atoms with Gasteiger partial charge in [0.05, 0.1) is 0 Å². The first-order valence-corrected chi connectivity index (χ1v) is 16.5. The lowest BCUT2D eigenvalue weighted by Gasteiger charge is -2.30. The van der Waals surface area contributed by atoms with Gasteiger partial charge in [-0.25, -0.2) is 13.8 Å². The lowest BCUT2D eigenvalue weighted by Crippen LogP contribution is -2.34. The Bertz CT molecular complexity index is 1970. The minimum absolute atomic E-state index is 0.0243. The first-order chi connectivity index (χ1) is 22.4. The Hall–Kier alpha value is -4.44. The average molecular weight is 638 g/mol. The van der Waals surface area contributed by atoms with Crippen LogP contribution in [0.1, 0.15) is 40.8 Å². The van der Waals surface area contributed by atoms with E-state index in [1.807, 2.05) is 24.6 Å². The third-order valence-electron chi connectivity index (χ3n) is 8.61. The highest BCUT2D eigenvalue weighted by atomic mass is 32.1. The first kappa shape index (κ1) is 31.5. The molecule has 0 spiro atoms. The van der Waals surface area contributed by atoms with Crippen molar-refractivity contribution >= 4 is 32.8 Å². The molecule has 7 rings (SSSR count). The number of hydrogen-bond donors (Lipinski definition) is 2. The lowest BCUT2D eigenvalue weighted by atomic mass is 9.88. The van der Waals surface area contributed by atoms with Crippen molar-refractivity contribution in [3.8, 4) is 0 Å². The van der Waals surface area contributed by atoms with E-state index in [1.165, 1.54) is 57.6 Å². The number of rotatable bonds is 7. The zero-order valence-corrected chi connectivity index (χ0v) is 26.6. The number of nitrogens with two attached hydrogens (primary N) is 1. The van der Waals surface area contributed by atoms with E-state index in [4.69, 9.17) is 5.73 Å². The van der Waals surface area contributed by atoms with Crippen molar-refractivity contribution in [2.45, 2.75) is 32.6 Å². The number of aromatic nitrogens is 3. The summed E-state index contributed by atoms with van der Waals surface area (Å²) in [6, 6.07) is 21.3. The fraction of sp³-hybridized carbons (Fsp3) is 0.243. The van der Waals surface area contributed by atoms with Gasteiger partial charge in [0.25, 0.3) is 5.56 Å². The number of halogens is 2. The number of aromatic amines is 1. The highest BCUT2D eigenvalue weighted by molar-refractivity contribution is 7.15. The zero-order valence-electron chi connectivity index (χ0n) is 25.8. The molecule has 6 aromatic rings. The molecule has 3 aromatic carbocycles. The summed E-state index contributed by atoms with van der Waals surface area (Å²) in [7, 11) is 0. The van der Waals surface area contributed by atoms with Crippen LogP contribution in [-0.2, 0) is 12.8 Å². The van der Waals surface area contributed by atoms with Crippen LogP contribution in [0.25, 0.3) is 21.4 Å². The molecule has 0 aliphatic carbocycles. The predicted molar refractivity (Wildman–Crippen MR) is 183 cm³/mol. The summed E-state index contributed by atoms with van der Waals surface area (Å²) in [4.78, 5) is 23.7. The zero-order chi connectivity index (χ0) is 32.0. The summed E-state index contributed by atoms with van der Waals surface area (Å²) in [5.41, 5.74) is 13.8. The molecule has 1 aliphatic heterocycles. The number of fused-ring (bicyclic) bond motifs is 2. The van der Waals surface area contributed by atoms with Gasteiger partial charge in [-0.15, -0.1) is 11.3 Å². The van der Waals surface area contributed by atoms with Gasteiger partial charge in [0, 0.05) is 59.6 Å². The topological polar surface area (TPSA) is 79.4 Å². The summed E-state index contributed by atoms with van der Waals surface area (Å²) >= 11 is 1.47. The largest absolute Gasteiger partial charge is 0.361 e. The smallest absolute Gasteiger partial charge is 0.261 e. The summed E-state index contributed by atoms with van der Waals surface area (Å²) in [5.74, 6) is -0.549. The number of benzene rings is 3. The van der Waals surface area contributed by atoms with Gasteiger partial charge < -0.3 is 15.6 Å². The van der Waals surface area contributed by atoms with Crippen LogP contribution in [0.3, 0.4) is 0 Å². The van der Waals surface area contributed by atoms with Gasteiger partial charge in [0.15, 0.2) is 4.96 Å². The minimum atomic E-state index is -0.275. The molecule has 1 aliphatic rings. The Kier molecular flexibility index (Phi) is 9.82. The van der Waals surface area contributed by atoms with E-state index in [1.54, 1.807) is 34.9 Å². The molecule has 46 heavy (non-hydrogen) atoms. The number of nitrogens with zero attached hydrogens (tertiary/aromatic N) is 3.